The third-order valence-electron chi connectivity index (χ3n) is 5.54. The van der Waals surface area contributed by atoms with Crippen LogP contribution in [0.4, 0.5) is 11.6 Å². The largest absolute Gasteiger partial charge is 0.346 e. The first kappa shape index (κ1) is 20.0. The zero-order chi connectivity index (χ0) is 21.1. The molecule has 2 aliphatic heterocycles. The molecular formula is C21H21ClN7O+. The molecule has 0 saturated carbocycles. The van der Waals surface area contributed by atoms with Gasteiger partial charge in [0, 0.05) is 49.9 Å². The Balaban J connectivity index is 1.56. The Morgan fingerprint density at radius 2 is 2.03 bits per heavy atom. The average Bonchev–Trinajstić information content (AvgIpc) is 3.02. The lowest BCUT2D eigenvalue weighted by molar-refractivity contribution is -0.500. The van der Waals surface area contributed by atoms with Gasteiger partial charge < -0.3 is 15.2 Å². The van der Waals surface area contributed by atoms with E-state index in [2.05, 4.69) is 20.9 Å². The molecule has 0 aliphatic carbocycles. The van der Waals surface area contributed by atoms with Crippen LogP contribution >= 0.6 is 11.6 Å². The van der Waals surface area contributed by atoms with Crippen LogP contribution < -0.4 is 10.2 Å². The lowest BCUT2D eigenvalue weighted by Gasteiger charge is -2.42. The lowest BCUT2D eigenvalue weighted by Crippen LogP contribution is -2.72. The summed E-state index contributed by atoms with van der Waals surface area (Å²) in [6.07, 6.45) is 9.60. The molecule has 0 aromatic carbocycles. The van der Waals surface area contributed by atoms with Crippen molar-refractivity contribution in [2.24, 2.45) is 0 Å². The standard InChI is InChI=1S/C21H20ClN7O/c22-18-14(11-24)6-10-27-20(18)29-15-4-5-16(29)13-28(12-15)21(30)17-3-1-8-25-19(17)26-9-2-7-23/h1-3,6-10,15-16,23H,4-5,12-13H2,(H,25,26)/p+1/b9-2-,23-7?. The molecular weight excluding hydrogens is 402 g/mol. The summed E-state index contributed by atoms with van der Waals surface area (Å²) in [5.74, 6) is 1.16. The molecule has 2 aromatic rings. The number of rotatable bonds is 5. The van der Waals surface area contributed by atoms with Gasteiger partial charge in [-0.3, -0.25) is 10.1 Å². The maximum absolute atomic E-state index is 13.3. The first-order chi connectivity index (χ1) is 14.6. The molecule has 4 heterocycles. The molecule has 3 N–H and O–H groups in total. The van der Waals surface area contributed by atoms with Crippen LogP contribution in [0.1, 0.15) is 28.8 Å². The molecule has 2 fully saturated rings. The summed E-state index contributed by atoms with van der Waals surface area (Å²) in [5.41, 5.74) is 0.954. The Morgan fingerprint density at radius 1 is 1.27 bits per heavy atom. The van der Waals surface area contributed by atoms with E-state index < -0.39 is 0 Å². The highest BCUT2D eigenvalue weighted by atomic mass is 35.5. The number of anilines is 1. The number of carbonyl (C=O) groups excluding carboxylic acids is 1. The fourth-order valence-electron chi connectivity index (χ4n) is 4.22. The van der Waals surface area contributed by atoms with Crippen molar-refractivity contribution in [2.75, 3.05) is 18.0 Å². The van der Waals surface area contributed by atoms with E-state index in [1.807, 2.05) is 4.90 Å². The molecule has 0 radical (unpaired) electrons. The number of carbonyl (C=O) groups is 1. The zero-order valence-electron chi connectivity index (χ0n) is 16.2. The van der Waals surface area contributed by atoms with Crippen LogP contribution in [0.5, 0.6) is 0 Å². The molecule has 1 amide bonds. The Kier molecular flexibility index (Phi) is 5.74. The number of nitriles is 1. The summed E-state index contributed by atoms with van der Waals surface area (Å²) in [6, 6.07) is 7.47. The Morgan fingerprint density at radius 3 is 2.73 bits per heavy atom. The van der Waals surface area contributed by atoms with E-state index in [0.717, 1.165) is 12.8 Å². The van der Waals surface area contributed by atoms with Crippen LogP contribution in [0.2, 0.25) is 5.02 Å². The van der Waals surface area contributed by atoms with Gasteiger partial charge in [0.2, 0.25) is 5.82 Å². The SMILES string of the molecule is N#Cc1ccnc(N2C3CCC2CN(C(=O)c2cccnc2[NH2+]/C=C\C=N)C3)c1Cl. The van der Waals surface area contributed by atoms with Crippen LogP contribution in [0.25, 0.3) is 0 Å². The molecule has 2 unspecified atom stereocenters. The summed E-state index contributed by atoms with van der Waals surface area (Å²) < 4.78 is 0. The second-order valence-electron chi connectivity index (χ2n) is 7.26. The predicted molar refractivity (Wildman–Crippen MR) is 113 cm³/mol. The van der Waals surface area contributed by atoms with E-state index in [1.165, 1.54) is 6.21 Å². The van der Waals surface area contributed by atoms with Crippen LogP contribution in [-0.4, -0.2) is 52.2 Å². The molecule has 8 nitrogen and oxygen atoms in total. The third kappa shape index (κ3) is 3.65. The number of fused-ring (bicyclic) bond motifs is 2. The maximum atomic E-state index is 13.3. The second kappa shape index (κ2) is 8.61. The number of amides is 1. The zero-order valence-corrected chi connectivity index (χ0v) is 17.0. The molecule has 2 atom stereocenters. The molecule has 2 aromatic heterocycles. The summed E-state index contributed by atoms with van der Waals surface area (Å²) in [5, 5.41) is 18.5. The van der Waals surface area contributed by atoms with Gasteiger partial charge in [0.15, 0.2) is 0 Å². The number of nitrogens with one attached hydrogen (secondary N) is 1. The molecule has 2 saturated heterocycles. The highest BCUT2D eigenvalue weighted by Crippen LogP contribution is 2.38. The van der Waals surface area contributed by atoms with Gasteiger partial charge in [-0.15, -0.1) is 0 Å². The maximum Gasteiger partial charge on any atom is 0.261 e. The Labute approximate surface area is 179 Å². The second-order valence-corrected chi connectivity index (χ2v) is 7.64. The van der Waals surface area contributed by atoms with Crippen LogP contribution in [0.15, 0.2) is 42.9 Å². The molecule has 30 heavy (non-hydrogen) atoms. The number of aromatic nitrogens is 2. The summed E-state index contributed by atoms with van der Waals surface area (Å²) >= 11 is 6.43. The van der Waals surface area contributed by atoms with Gasteiger partial charge in [0.1, 0.15) is 28.7 Å². The first-order valence-electron chi connectivity index (χ1n) is 9.71. The number of hydrogen-bond donors (Lipinski definition) is 2. The number of halogens is 1. The number of nitrogens with zero attached hydrogens (tertiary/aromatic N) is 5. The minimum absolute atomic E-state index is 0.0565. The van der Waals surface area contributed by atoms with Gasteiger partial charge in [-0.1, -0.05) is 11.6 Å². The van der Waals surface area contributed by atoms with Crippen molar-refractivity contribution in [3.05, 3.63) is 59.0 Å². The molecule has 4 rings (SSSR count). The van der Waals surface area contributed by atoms with Gasteiger partial charge in [0.05, 0.1) is 5.56 Å². The van der Waals surface area contributed by atoms with E-state index in [-0.39, 0.29) is 18.0 Å². The molecule has 0 spiro atoms. The van der Waals surface area contributed by atoms with Crippen molar-refractivity contribution in [3.8, 4) is 6.07 Å². The number of pyridine rings is 2. The predicted octanol–water partition coefficient (Wildman–Crippen LogP) is 1.85. The molecule has 152 valence electrons. The van der Waals surface area contributed by atoms with Crippen molar-refractivity contribution < 1.29 is 10.1 Å². The fraction of sp³-hybridized carbons (Fsp3) is 0.286. The number of likely N-dealkylation sites (tertiary alicyclic amines) is 1. The van der Waals surface area contributed by atoms with Crippen molar-refractivity contribution >= 4 is 35.4 Å². The Hall–Kier alpha value is -3.28. The smallest absolute Gasteiger partial charge is 0.261 e. The summed E-state index contributed by atoms with van der Waals surface area (Å²) in [4.78, 5) is 26.1. The number of nitrogens with two attached hydrogens (primary N) is 1. The highest BCUT2D eigenvalue weighted by molar-refractivity contribution is 6.34. The van der Waals surface area contributed by atoms with Gasteiger partial charge in [-0.2, -0.15) is 5.26 Å². The van der Waals surface area contributed by atoms with E-state index >= 15 is 0 Å². The van der Waals surface area contributed by atoms with Gasteiger partial charge in [0.25, 0.3) is 5.91 Å². The van der Waals surface area contributed by atoms with Crippen LogP contribution in [0, 0.1) is 16.7 Å². The van der Waals surface area contributed by atoms with E-state index in [4.69, 9.17) is 17.0 Å². The minimum atomic E-state index is -0.0565. The van der Waals surface area contributed by atoms with Crippen molar-refractivity contribution in [2.45, 2.75) is 24.9 Å². The van der Waals surface area contributed by atoms with Gasteiger partial charge >= 0.3 is 0 Å². The Bertz CT molecular complexity index is 1030. The van der Waals surface area contributed by atoms with E-state index in [9.17, 15) is 10.1 Å². The normalized spacial score (nSPS) is 20.4. The van der Waals surface area contributed by atoms with Crippen molar-refractivity contribution in [1.82, 2.24) is 14.9 Å². The fourth-order valence-corrected chi connectivity index (χ4v) is 4.47. The minimum Gasteiger partial charge on any atom is -0.346 e. The monoisotopic (exact) mass is 422 g/mol. The molecule has 9 heteroatoms. The third-order valence-corrected chi connectivity index (χ3v) is 5.91. The first-order valence-corrected chi connectivity index (χ1v) is 10.1. The van der Waals surface area contributed by atoms with Gasteiger partial charge in [-0.25, -0.2) is 9.97 Å². The summed E-state index contributed by atoms with van der Waals surface area (Å²) in [6.45, 7) is 1.13. The number of piperazine rings is 1. The topological polar surface area (TPSA) is 114 Å². The number of hydrogen-bond acceptors (Lipinski definition) is 6. The lowest BCUT2D eigenvalue weighted by atomic mass is 10.1. The molecule has 2 bridgehead atoms. The van der Waals surface area contributed by atoms with Crippen molar-refractivity contribution in [1.29, 1.82) is 10.7 Å². The average molecular weight is 423 g/mol. The van der Waals surface area contributed by atoms with E-state index in [1.54, 1.807) is 48.2 Å². The van der Waals surface area contributed by atoms with Crippen LogP contribution in [0.3, 0.4) is 0 Å². The highest BCUT2D eigenvalue weighted by Gasteiger charge is 2.43. The van der Waals surface area contributed by atoms with Crippen LogP contribution in [-0.2, 0) is 0 Å². The summed E-state index contributed by atoms with van der Waals surface area (Å²) in [7, 11) is 0. The van der Waals surface area contributed by atoms with Gasteiger partial charge in [-0.05, 0) is 31.0 Å². The number of allylic oxidation sites excluding steroid dienone is 1. The van der Waals surface area contributed by atoms with E-state index in [0.29, 0.717) is 40.9 Å². The quantitative estimate of drug-likeness (QED) is 0.714. The molecule has 2 aliphatic rings. The van der Waals surface area contributed by atoms with Crippen molar-refractivity contribution in [3.63, 3.8) is 0 Å². The number of quaternary nitrogens is 1.